The molecule has 0 saturated carbocycles. The molecule has 7 nitrogen and oxygen atoms in total. The predicted molar refractivity (Wildman–Crippen MR) is 228 cm³/mol. The maximum absolute atomic E-state index is 6.58. The normalized spacial score (nSPS) is 11.6. The number of para-hydroxylation sites is 1. The van der Waals surface area contributed by atoms with Crippen molar-refractivity contribution in [2.45, 2.75) is 39.4 Å². The predicted octanol–water partition coefficient (Wildman–Crippen LogP) is 12.3. The quantitative estimate of drug-likeness (QED) is 0.132. The molecule has 7 heteroatoms. The largest absolute Gasteiger partial charge is 0.488 e. The van der Waals surface area contributed by atoms with Crippen molar-refractivity contribution in [3.8, 4) is 45.6 Å². The Labute approximate surface area is 332 Å². The number of rotatable bonds is 11. The Bertz CT molecular complexity index is 2760. The Morgan fingerprint density at radius 1 is 0.579 bits per heavy atom. The van der Waals surface area contributed by atoms with E-state index in [0.717, 1.165) is 55.9 Å². The second-order valence-corrected chi connectivity index (χ2v) is 15.1. The summed E-state index contributed by atoms with van der Waals surface area (Å²) in [6.07, 6.45) is 5.75. The van der Waals surface area contributed by atoms with Gasteiger partial charge in [0.25, 0.3) is 0 Å². The molecule has 0 amide bonds. The summed E-state index contributed by atoms with van der Waals surface area (Å²) < 4.78 is 23.5. The van der Waals surface area contributed by atoms with Crippen molar-refractivity contribution in [3.63, 3.8) is 0 Å². The zero-order valence-corrected chi connectivity index (χ0v) is 32.2. The smallest absolute Gasteiger partial charge is 0.137 e. The first-order chi connectivity index (χ1) is 27.9. The molecule has 0 fully saturated rings. The molecular weight excluding hydrogens is 705 g/mol. The van der Waals surface area contributed by atoms with E-state index in [2.05, 4.69) is 98.1 Å². The molecule has 0 atom stereocenters. The van der Waals surface area contributed by atoms with Crippen LogP contribution in [0.2, 0.25) is 0 Å². The van der Waals surface area contributed by atoms with Crippen LogP contribution in [-0.2, 0) is 18.6 Å². The molecule has 0 saturated heterocycles. The number of benzene rings is 6. The summed E-state index contributed by atoms with van der Waals surface area (Å²) in [5, 5.41) is 7.11. The third-order valence-electron chi connectivity index (χ3n) is 10.1. The molecule has 0 spiro atoms. The minimum Gasteiger partial charge on any atom is -0.488 e. The van der Waals surface area contributed by atoms with Crippen LogP contribution in [0.3, 0.4) is 0 Å². The molecule has 6 aromatic carbocycles. The van der Waals surface area contributed by atoms with Gasteiger partial charge in [-0.3, -0.25) is 4.57 Å². The van der Waals surface area contributed by atoms with Gasteiger partial charge in [0.15, 0.2) is 0 Å². The van der Waals surface area contributed by atoms with Crippen LogP contribution in [0.15, 0.2) is 176 Å². The monoisotopic (exact) mass is 746 g/mol. The van der Waals surface area contributed by atoms with E-state index >= 15 is 0 Å². The molecule has 0 unspecified atom stereocenters. The SMILES string of the molecule is CC(C)(C)c1ccnc(-n2c3ccccc3c3ccc(Oc4cccc(-n5cc(-c6c(OCc7ccccc7)cccc6OCc6ccccc6)cn5)c4)cc32)c1. The molecule has 0 radical (unpaired) electrons. The fourth-order valence-corrected chi connectivity index (χ4v) is 7.19. The highest BCUT2D eigenvalue weighted by molar-refractivity contribution is 6.09. The molecule has 3 heterocycles. The highest BCUT2D eigenvalue weighted by atomic mass is 16.5. The Kier molecular flexibility index (Phi) is 9.48. The average molecular weight is 747 g/mol. The summed E-state index contributed by atoms with van der Waals surface area (Å²) >= 11 is 0. The van der Waals surface area contributed by atoms with Crippen LogP contribution in [0.4, 0.5) is 0 Å². The van der Waals surface area contributed by atoms with Gasteiger partial charge in [0, 0.05) is 40.9 Å². The van der Waals surface area contributed by atoms with E-state index in [1.54, 1.807) is 0 Å². The number of hydrogen-bond acceptors (Lipinski definition) is 5. The van der Waals surface area contributed by atoms with Gasteiger partial charge >= 0.3 is 0 Å². The standard InChI is InChI=1S/C50H42N4O3/c1-50(2,3)38-26-27-51-48(28-38)54-44-21-11-10-20-42(44)43-25-24-41(30-45(43)54)57-40-19-12-18-39(29-40)53-32-37(31-52-53)49-46(55-33-35-14-6-4-7-15-35)22-13-23-47(49)56-34-36-16-8-5-9-17-36/h4-32H,33-34H2,1-3H3. The fourth-order valence-electron chi connectivity index (χ4n) is 7.19. The van der Waals surface area contributed by atoms with Gasteiger partial charge in [0.1, 0.15) is 42.0 Å². The van der Waals surface area contributed by atoms with Crippen LogP contribution in [0.25, 0.3) is 44.4 Å². The van der Waals surface area contributed by atoms with E-state index in [1.807, 2.05) is 108 Å². The van der Waals surface area contributed by atoms with Gasteiger partial charge in [0.05, 0.1) is 28.5 Å². The molecule has 0 aliphatic rings. The Morgan fingerprint density at radius 3 is 1.95 bits per heavy atom. The van der Waals surface area contributed by atoms with Crippen LogP contribution >= 0.6 is 0 Å². The lowest BCUT2D eigenvalue weighted by Gasteiger charge is -2.20. The van der Waals surface area contributed by atoms with E-state index < -0.39 is 0 Å². The van der Waals surface area contributed by atoms with E-state index in [4.69, 9.17) is 24.3 Å². The van der Waals surface area contributed by atoms with Crippen molar-refractivity contribution in [2.75, 3.05) is 0 Å². The summed E-state index contributed by atoms with van der Waals surface area (Å²) in [6, 6.07) is 53.2. The summed E-state index contributed by atoms with van der Waals surface area (Å²) in [5.74, 6) is 3.73. The minimum atomic E-state index is -0.0109. The first-order valence-corrected chi connectivity index (χ1v) is 19.2. The zero-order chi connectivity index (χ0) is 38.8. The lowest BCUT2D eigenvalue weighted by Crippen LogP contribution is -2.12. The summed E-state index contributed by atoms with van der Waals surface area (Å²) in [5.41, 5.74) is 8.07. The van der Waals surface area contributed by atoms with Crippen molar-refractivity contribution in [1.29, 1.82) is 0 Å². The van der Waals surface area contributed by atoms with Crippen LogP contribution < -0.4 is 14.2 Å². The summed E-state index contributed by atoms with van der Waals surface area (Å²) in [6.45, 7) is 7.52. The lowest BCUT2D eigenvalue weighted by atomic mass is 9.88. The third-order valence-corrected chi connectivity index (χ3v) is 10.1. The molecule has 9 aromatic rings. The number of nitrogens with zero attached hydrogens (tertiary/aromatic N) is 4. The molecule has 9 rings (SSSR count). The Balaban J connectivity index is 1.03. The van der Waals surface area contributed by atoms with Crippen molar-refractivity contribution in [2.24, 2.45) is 0 Å². The summed E-state index contributed by atoms with van der Waals surface area (Å²) in [4.78, 5) is 4.83. The van der Waals surface area contributed by atoms with Crippen molar-refractivity contribution < 1.29 is 14.2 Å². The highest BCUT2D eigenvalue weighted by Crippen LogP contribution is 2.40. The van der Waals surface area contributed by atoms with E-state index in [0.29, 0.717) is 30.5 Å². The molecule has 0 aliphatic carbocycles. The molecule has 57 heavy (non-hydrogen) atoms. The lowest BCUT2D eigenvalue weighted by molar-refractivity contribution is 0.292. The second-order valence-electron chi connectivity index (χ2n) is 15.1. The third kappa shape index (κ3) is 7.48. The molecule has 0 aliphatic heterocycles. The molecule has 0 N–H and O–H groups in total. The molecule has 0 bridgehead atoms. The fraction of sp³-hybridized carbons (Fsp3) is 0.120. The highest BCUT2D eigenvalue weighted by Gasteiger charge is 2.19. The van der Waals surface area contributed by atoms with Crippen LogP contribution in [0, 0.1) is 0 Å². The summed E-state index contributed by atoms with van der Waals surface area (Å²) in [7, 11) is 0. The van der Waals surface area contributed by atoms with E-state index in [-0.39, 0.29) is 5.41 Å². The van der Waals surface area contributed by atoms with E-state index in [1.165, 1.54) is 10.9 Å². The van der Waals surface area contributed by atoms with Crippen molar-refractivity contribution >= 4 is 21.8 Å². The second kappa shape index (κ2) is 15.2. The van der Waals surface area contributed by atoms with Gasteiger partial charge in [0.2, 0.25) is 0 Å². The average Bonchev–Trinajstić information content (AvgIpc) is 3.86. The van der Waals surface area contributed by atoms with Crippen molar-refractivity contribution in [3.05, 3.63) is 193 Å². The number of ether oxygens (including phenoxy) is 3. The zero-order valence-electron chi connectivity index (χ0n) is 32.2. The van der Waals surface area contributed by atoms with Gasteiger partial charge < -0.3 is 14.2 Å². The van der Waals surface area contributed by atoms with E-state index in [9.17, 15) is 0 Å². The first kappa shape index (κ1) is 35.6. The molecular formula is C50H42N4O3. The Hall–Kier alpha value is -7.12. The number of aromatic nitrogens is 4. The van der Waals surface area contributed by atoms with Crippen LogP contribution in [0.1, 0.15) is 37.5 Å². The topological polar surface area (TPSA) is 63.3 Å². The van der Waals surface area contributed by atoms with Crippen LogP contribution in [-0.4, -0.2) is 19.3 Å². The van der Waals surface area contributed by atoms with Crippen LogP contribution in [0.5, 0.6) is 23.0 Å². The van der Waals surface area contributed by atoms with Gasteiger partial charge in [-0.1, -0.05) is 112 Å². The van der Waals surface area contributed by atoms with Gasteiger partial charge in [-0.2, -0.15) is 5.10 Å². The van der Waals surface area contributed by atoms with Gasteiger partial charge in [-0.15, -0.1) is 0 Å². The van der Waals surface area contributed by atoms with Gasteiger partial charge in [-0.25, -0.2) is 9.67 Å². The molecule has 3 aromatic heterocycles. The maximum Gasteiger partial charge on any atom is 0.137 e. The minimum absolute atomic E-state index is 0.0109. The maximum atomic E-state index is 6.58. The van der Waals surface area contributed by atoms with Gasteiger partial charge in [-0.05, 0) is 76.7 Å². The first-order valence-electron chi connectivity index (χ1n) is 19.2. The number of hydrogen-bond donors (Lipinski definition) is 0. The number of pyridine rings is 1. The molecule has 280 valence electrons. The van der Waals surface area contributed by atoms with Crippen molar-refractivity contribution in [1.82, 2.24) is 19.3 Å². The Morgan fingerprint density at radius 2 is 1.23 bits per heavy atom. The number of fused-ring (bicyclic) bond motifs is 3.